The summed E-state index contributed by atoms with van der Waals surface area (Å²) in [6.07, 6.45) is -4.42. The molecule has 0 saturated carbocycles. The number of carbonyl (C=O) groups is 1. The van der Waals surface area contributed by atoms with Crippen LogP contribution in [0.3, 0.4) is 0 Å². The molecule has 0 bridgehead atoms. The highest BCUT2D eigenvalue weighted by Crippen LogP contribution is 2.31. The van der Waals surface area contributed by atoms with E-state index in [0.717, 1.165) is 12.1 Å². The third kappa shape index (κ3) is 5.74. The Kier molecular flexibility index (Phi) is 5.91. The molecule has 7 nitrogen and oxygen atoms in total. The van der Waals surface area contributed by atoms with Crippen molar-refractivity contribution in [3.05, 3.63) is 77.9 Å². The second-order valence-corrected chi connectivity index (χ2v) is 7.78. The van der Waals surface area contributed by atoms with Gasteiger partial charge in [-0.3, -0.25) is 9.52 Å². The minimum Gasteiger partial charge on any atom is -0.506 e. The molecule has 3 aromatic carbocycles. The molecule has 0 radical (unpaired) electrons. The van der Waals surface area contributed by atoms with Crippen LogP contribution < -0.4 is 15.2 Å². The number of amides is 1. The van der Waals surface area contributed by atoms with Gasteiger partial charge < -0.3 is 10.4 Å². The van der Waals surface area contributed by atoms with Gasteiger partial charge in [0, 0.05) is 11.3 Å². The van der Waals surface area contributed by atoms with Gasteiger partial charge >= 0.3 is 6.18 Å². The van der Waals surface area contributed by atoms with Gasteiger partial charge in [0.05, 0.1) is 11.3 Å². The fraction of sp³-hybridized carbons (Fsp3) is 0.0500. The highest BCUT2D eigenvalue weighted by atomic mass is 32.2. The molecule has 11 heteroatoms. The second kappa shape index (κ2) is 8.28. The van der Waals surface area contributed by atoms with Crippen molar-refractivity contribution in [1.29, 1.82) is 0 Å². The van der Waals surface area contributed by atoms with E-state index < -0.39 is 27.9 Å². The monoisotopic (exact) mass is 451 g/mol. The van der Waals surface area contributed by atoms with Crippen molar-refractivity contribution >= 4 is 27.5 Å². The van der Waals surface area contributed by atoms with Gasteiger partial charge in [-0.15, -0.1) is 0 Å². The lowest BCUT2D eigenvalue weighted by atomic mass is 10.0. The number of benzene rings is 3. The zero-order valence-corrected chi connectivity index (χ0v) is 16.5. The summed E-state index contributed by atoms with van der Waals surface area (Å²) in [4.78, 5) is 12.4. The van der Waals surface area contributed by atoms with E-state index in [1.54, 1.807) is 12.1 Å². The van der Waals surface area contributed by atoms with Crippen LogP contribution in [0.1, 0.15) is 15.9 Å². The number of phenolic OH excluding ortho intramolecular Hbond substituents is 1. The zero-order valence-electron chi connectivity index (χ0n) is 15.6. The molecule has 0 aliphatic rings. The van der Waals surface area contributed by atoms with Crippen LogP contribution in [0.2, 0.25) is 0 Å². The molecule has 0 atom stereocenters. The summed E-state index contributed by atoms with van der Waals surface area (Å²) in [6, 6.07) is 14.5. The first-order chi connectivity index (χ1) is 14.4. The molecule has 0 saturated heterocycles. The van der Waals surface area contributed by atoms with Crippen LogP contribution in [0.5, 0.6) is 5.75 Å². The van der Waals surface area contributed by atoms with Gasteiger partial charge in [-0.05, 0) is 53.6 Å². The Morgan fingerprint density at radius 1 is 0.903 bits per heavy atom. The van der Waals surface area contributed by atoms with E-state index in [4.69, 9.17) is 5.14 Å². The smallest absolute Gasteiger partial charge is 0.416 e. The summed E-state index contributed by atoms with van der Waals surface area (Å²) in [5, 5.41) is 17.1. The third-order valence-corrected chi connectivity index (χ3v) is 4.70. The van der Waals surface area contributed by atoms with E-state index in [9.17, 15) is 31.5 Å². The first-order valence-electron chi connectivity index (χ1n) is 8.65. The maximum Gasteiger partial charge on any atom is 0.416 e. The molecular formula is C20H16F3N3O4S. The standard InChI is InChI=1S/C20H16F3N3O4S/c21-20(22,23)15-7-5-13(6-8-15)12-1-3-14(4-2-12)19(28)25-16-9-10-18(27)17(11-16)26-31(24,29)30/h1-11,26-27H,(H,25,28)(H2,24,29,30). The normalized spacial score (nSPS) is 11.7. The van der Waals surface area contributed by atoms with Crippen molar-refractivity contribution in [3.8, 4) is 16.9 Å². The molecule has 0 unspecified atom stereocenters. The van der Waals surface area contributed by atoms with E-state index in [1.165, 1.54) is 42.5 Å². The number of phenols is 1. The summed E-state index contributed by atoms with van der Waals surface area (Å²) in [7, 11) is -4.12. The summed E-state index contributed by atoms with van der Waals surface area (Å²) < 4.78 is 62.2. The van der Waals surface area contributed by atoms with Crippen molar-refractivity contribution in [1.82, 2.24) is 0 Å². The van der Waals surface area contributed by atoms with Crippen molar-refractivity contribution < 1.29 is 31.5 Å². The number of anilines is 2. The van der Waals surface area contributed by atoms with Crippen LogP contribution in [0.25, 0.3) is 11.1 Å². The highest BCUT2D eigenvalue weighted by molar-refractivity contribution is 7.90. The van der Waals surface area contributed by atoms with Gasteiger partial charge in [0.25, 0.3) is 16.1 Å². The average molecular weight is 451 g/mol. The lowest BCUT2D eigenvalue weighted by Gasteiger charge is -2.11. The first kappa shape index (κ1) is 22.1. The molecule has 5 N–H and O–H groups in total. The van der Waals surface area contributed by atoms with Crippen LogP contribution >= 0.6 is 0 Å². The number of aromatic hydroxyl groups is 1. The summed E-state index contributed by atoms with van der Waals surface area (Å²) in [6.45, 7) is 0. The first-order valence-corrected chi connectivity index (χ1v) is 10.2. The van der Waals surface area contributed by atoms with Crippen molar-refractivity contribution in [2.75, 3.05) is 10.0 Å². The lowest BCUT2D eigenvalue weighted by molar-refractivity contribution is -0.137. The number of hydrogen-bond donors (Lipinski definition) is 4. The summed E-state index contributed by atoms with van der Waals surface area (Å²) in [5.74, 6) is -0.904. The molecule has 3 rings (SSSR count). The van der Waals surface area contributed by atoms with Crippen molar-refractivity contribution in [2.45, 2.75) is 6.18 Å². The number of alkyl halides is 3. The van der Waals surface area contributed by atoms with Gasteiger partial charge in [-0.25, -0.2) is 5.14 Å². The number of nitrogens with two attached hydrogens (primary N) is 1. The topological polar surface area (TPSA) is 122 Å². The fourth-order valence-corrected chi connectivity index (χ4v) is 3.19. The molecule has 0 aromatic heterocycles. The van der Waals surface area contributed by atoms with E-state index in [2.05, 4.69) is 5.32 Å². The molecule has 162 valence electrons. The van der Waals surface area contributed by atoms with Crippen molar-refractivity contribution in [3.63, 3.8) is 0 Å². The maximum atomic E-state index is 12.7. The Labute approximate surface area is 175 Å². The Morgan fingerprint density at radius 3 is 1.97 bits per heavy atom. The molecular weight excluding hydrogens is 435 g/mol. The average Bonchev–Trinajstić information content (AvgIpc) is 2.69. The van der Waals surface area contributed by atoms with E-state index in [-0.39, 0.29) is 22.7 Å². The molecule has 0 aliphatic heterocycles. The molecule has 3 aromatic rings. The number of carbonyl (C=O) groups excluding carboxylic acids is 1. The summed E-state index contributed by atoms with van der Waals surface area (Å²) >= 11 is 0. The number of nitrogens with one attached hydrogen (secondary N) is 2. The van der Waals surface area contributed by atoms with E-state index in [1.807, 2.05) is 4.72 Å². The second-order valence-electron chi connectivity index (χ2n) is 6.49. The summed E-state index contributed by atoms with van der Waals surface area (Å²) in [5.41, 5.74) is 0.660. The van der Waals surface area contributed by atoms with Gasteiger partial charge in [0.1, 0.15) is 5.75 Å². The fourth-order valence-electron chi connectivity index (χ4n) is 2.72. The molecule has 0 spiro atoms. The van der Waals surface area contributed by atoms with Gasteiger partial charge in [-0.2, -0.15) is 21.6 Å². The predicted octanol–water partition coefficient (Wildman–Crippen LogP) is 3.95. The van der Waals surface area contributed by atoms with Crippen LogP contribution in [0.15, 0.2) is 66.7 Å². The Bertz CT molecular complexity index is 1210. The maximum absolute atomic E-state index is 12.7. The number of halogens is 3. The van der Waals surface area contributed by atoms with E-state index in [0.29, 0.717) is 11.1 Å². The van der Waals surface area contributed by atoms with Crippen LogP contribution in [0, 0.1) is 0 Å². The number of hydrogen-bond acceptors (Lipinski definition) is 4. The van der Waals surface area contributed by atoms with Crippen LogP contribution in [-0.2, 0) is 16.4 Å². The third-order valence-electron chi connectivity index (χ3n) is 4.20. The quantitative estimate of drug-likeness (QED) is 0.347. The van der Waals surface area contributed by atoms with Crippen LogP contribution in [0.4, 0.5) is 24.5 Å². The molecule has 31 heavy (non-hydrogen) atoms. The van der Waals surface area contributed by atoms with E-state index >= 15 is 0 Å². The van der Waals surface area contributed by atoms with Crippen molar-refractivity contribution in [2.24, 2.45) is 5.14 Å². The Morgan fingerprint density at radius 2 is 1.45 bits per heavy atom. The van der Waals surface area contributed by atoms with Gasteiger partial charge in [0.15, 0.2) is 0 Å². The predicted molar refractivity (Wildman–Crippen MR) is 110 cm³/mol. The largest absolute Gasteiger partial charge is 0.506 e. The lowest BCUT2D eigenvalue weighted by Crippen LogP contribution is -2.22. The highest BCUT2D eigenvalue weighted by Gasteiger charge is 2.29. The van der Waals surface area contributed by atoms with Gasteiger partial charge in [0.2, 0.25) is 0 Å². The molecule has 0 aliphatic carbocycles. The zero-order chi connectivity index (χ0) is 22.8. The Balaban J connectivity index is 1.74. The molecule has 1 amide bonds. The molecule has 0 heterocycles. The molecule has 0 fully saturated rings. The SMILES string of the molecule is NS(=O)(=O)Nc1cc(NC(=O)c2ccc(-c3ccc(C(F)(F)F)cc3)cc2)ccc1O. The number of rotatable bonds is 5. The van der Waals surface area contributed by atoms with Crippen LogP contribution in [-0.4, -0.2) is 19.4 Å². The minimum absolute atomic E-state index is 0.195. The Hall–Kier alpha value is -3.57. The minimum atomic E-state index is -4.42. The van der Waals surface area contributed by atoms with Gasteiger partial charge in [-0.1, -0.05) is 24.3 Å².